The minimum Gasteiger partial charge on any atom is -0.495 e. The molecule has 1 saturated carbocycles. The van der Waals surface area contributed by atoms with Crippen molar-refractivity contribution in [3.8, 4) is 17.5 Å². The summed E-state index contributed by atoms with van der Waals surface area (Å²) in [4.78, 5) is 9.01. The first kappa shape index (κ1) is 20.8. The maximum atomic E-state index is 9.62. The predicted octanol–water partition coefficient (Wildman–Crippen LogP) is 5.79. The van der Waals surface area contributed by atoms with Crippen molar-refractivity contribution in [3.05, 3.63) is 66.6 Å². The third-order valence-electron chi connectivity index (χ3n) is 6.21. The van der Waals surface area contributed by atoms with Crippen LogP contribution in [-0.2, 0) is 0 Å². The third-order valence-corrected chi connectivity index (χ3v) is 6.21. The van der Waals surface area contributed by atoms with E-state index in [1.807, 2.05) is 59.3 Å². The summed E-state index contributed by atoms with van der Waals surface area (Å²) in [6.45, 7) is 0. The molecule has 33 heavy (non-hydrogen) atoms. The van der Waals surface area contributed by atoms with Gasteiger partial charge < -0.3 is 19.9 Å². The van der Waals surface area contributed by atoms with E-state index in [9.17, 15) is 5.26 Å². The lowest BCUT2D eigenvalue weighted by atomic mass is 9.95. The molecule has 2 heterocycles. The maximum Gasteiger partial charge on any atom is 0.150 e. The van der Waals surface area contributed by atoms with Crippen molar-refractivity contribution < 1.29 is 4.74 Å². The number of benzene rings is 2. The van der Waals surface area contributed by atoms with E-state index in [-0.39, 0.29) is 0 Å². The van der Waals surface area contributed by atoms with Crippen LogP contribution >= 0.6 is 0 Å². The standard InChI is InChI=1S/C26H26N6O/c1-33-24-10-6-5-9-22(24)31-25-21-13-14-32(26(21)29-17-28-25)20-12-11-18(16-27)23(15-20)30-19-7-3-2-4-8-19/h5-6,9-15,17,19,30H,2-4,7-8H2,1H3,(H,28,29,31). The van der Waals surface area contributed by atoms with E-state index in [2.05, 4.69) is 26.7 Å². The average Bonchev–Trinajstić information content (AvgIpc) is 3.30. The van der Waals surface area contributed by atoms with Crippen LogP contribution < -0.4 is 15.4 Å². The first-order valence-corrected chi connectivity index (χ1v) is 11.3. The zero-order valence-electron chi connectivity index (χ0n) is 18.6. The largest absolute Gasteiger partial charge is 0.495 e. The summed E-state index contributed by atoms with van der Waals surface area (Å²) in [6, 6.07) is 18.4. The number of ether oxygens (including phenoxy) is 1. The second-order valence-electron chi connectivity index (χ2n) is 8.29. The number of anilines is 3. The molecule has 7 heteroatoms. The second kappa shape index (κ2) is 9.21. The topological polar surface area (TPSA) is 87.8 Å². The van der Waals surface area contributed by atoms with E-state index in [1.165, 1.54) is 19.3 Å². The molecule has 0 spiro atoms. The number of hydrogen-bond donors (Lipinski definition) is 2. The van der Waals surface area contributed by atoms with E-state index < -0.39 is 0 Å². The highest BCUT2D eigenvalue weighted by Crippen LogP contribution is 2.31. The van der Waals surface area contributed by atoms with E-state index in [0.717, 1.165) is 46.7 Å². The van der Waals surface area contributed by atoms with Gasteiger partial charge in [0.2, 0.25) is 0 Å². The Morgan fingerprint density at radius 3 is 2.70 bits per heavy atom. The predicted molar refractivity (Wildman–Crippen MR) is 130 cm³/mol. The molecule has 0 bridgehead atoms. The monoisotopic (exact) mass is 438 g/mol. The van der Waals surface area contributed by atoms with Gasteiger partial charge in [-0.1, -0.05) is 31.4 Å². The van der Waals surface area contributed by atoms with Crippen LogP contribution in [0.25, 0.3) is 16.7 Å². The van der Waals surface area contributed by atoms with Crippen LogP contribution in [0, 0.1) is 11.3 Å². The number of rotatable bonds is 6. The number of para-hydroxylation sites is 2. The van der Waals surface area contributed by atoms with E-state index in [4.69, 9.17) is 4.74 Å². The zero-order valence-corrected chi connectivity index (χ0v) is 18.6. The molecule has 166 valence electrons. The van der Waals surface area contributed by atoms with Crippen molar-refractivity contribution in [2.75, 3.05) is 17.7 Å². The molecular weight excluding hydrogens is 412 g/mol. The van der Waals surface area contributed by atoms with Crippen molar-refractivity contribution in [2.45, 2.75) is 38.1 Å². The normalized spacial score (nSPS) is 14.1. The van der Waals surface area contributed by atoms with Crippen LogP contribution in [0.2, 0.25) is 0 Å². The lowest BCUT2D eigenvalue weighted by molar-refractivity contribution is 0.417. The molecule has 1 aliphatic rings. The minimum atomic E-state index is 0.418. The van der Waals surface area contributed by atoms with Gasteiger partial charge in [-0.15, -0.1) is 0 Å². The number of nitrogens with zero attached hydrogens (tertiary/aromatic N) is 4. The quantitative estimate of drug-likeness (QED) is 0.396. The highest BCUT2D eigenvalue weighted by Gasteiger charge is 2.16. The summed E-state index contributed by atoms with van der Waals surface area (Å²) < 4.78 is 7.48. The Labute approximate surface area is 193 Å². The fourth-order valence-electron chi connectivity index (χ4n) is 4.50. The number of nitrogens with one attached hydrogen (secondary N) is 2. The number of aromatic nitrogens is 3. The van der Waals surface area contributed by atoms with Gasteiger partial charge in [0.1, 0.15) is 29.6 Å². The second-order valence-corrected chi connectivity index (χ2v) is 8.29. The molecule has 1 aliphatic carbocycles. The van der Waals surface area contributed by atoms with Crippen LogP contribution in [-0.4, -0.2) is 27.7 Å². The van der Waals surface area contributed by atoms with Crippen molar-refractivity contribution in [3.63, 3.8) is 0 Å². The molecule has 0 radical (unpaired) electrons. The van der Waals surface area contributed by atoms with Crippen LogP contribution in [0.15, 0.2) is 61.1 Å². The molecule has 2 N–H and O–H groups in total. The van der Waals surface area contributed by atoms with Gasteiger partial charge in [-0.2, -0.15) is 5.26 Å². The Morgan fingerprint density at radius 1 is 1.03 bits per heavy atom. The number of methoxy groups -OCH3 is 1. The molecule has 0 aliphatic heterocycles. The van der Waals surface area contributed by atoms with Crippen molar-refractivity contribution in [1.82, 2.24) is 14.5 Å². The van der Waals surface area contributed by atoms with Gasteiger partial charge in [0.15, 0.2) is 0 Å². The van der Waals surface area contributed by atoms with Gasteiger partial charge in [0.05, 0.1) is 29.4 Å². The van der Waals surface area contributed by atoms with Gasteiger partial charge in [0, 0.05) is 17.9 Å². The summed E-state index contributed by atoms with van der Waals surface area (Å²) in [5, 5.41) is 17.5. The third kappa shape index (κ3) is 4.20. The van der Waals surface area contributed by atoms with Crippen LogP contribution in [0.5, 0.6) is 5.75 Å². The van der Waals surface area contributed by atoms with Gasteiger partial charge in [-0.05, 0) is 49.2 Å². The lowest BCUT2D eigenvalue weighted by Gasteiger charge is -2.24. The summed E-state index contributed by atoms with van der Waals surface area (Å²) >= 11 is 0. The van der Waals surface area contributed by atoms with Crippen LogP contribution in [0.3, 0.4) is 0 Å². The number of nitriles is 1. The molecule has 5 rings (SSSR count). The fourth-order valence-corrected chi connectivity index (χ4v) is 4.50. The number of fused-ring (bicyclic) bond motifs is 1. The fraction of sp³-hybridized carbons (Fsp3) is 0.269. The molecular formula is C26H26N6O. The Kier molecular flexibility index (Phi) is 5.81. The molecule has 2 aromatic heterocycles. The molecule has 0 atom stereocenters. The molecule has 4 aromatic rings. The van der Waals surface area contributed by atoms with Crippen molar-refractivity contribution >= 4 is 28.2 Å². The molecule has 0 saturated heterocycles. The van der Waals surface area contributed by atoms with Gasteiger partial charge in [0.25, 0.3) is 0 Å². The average molecular weight is 439 g/mol. The molecule has 0 unspecified atom stereocenters. The Bertz CT molecular complexity index is 1320. The van der Waals surface area contributed by atoms with Crippen LogP contribution in [0.1, 0.15) is 37.7 Å². The van der Waals surface area contributed by atoms with Crippen molar-refractivity contribution in [1.29, 1.82) is 5.26 Å². The van der Waals surface area contributed by atoms with Crippen LogP contribution in [0.4, 0.5) is 17.2 Å². The Hall–Kier alpha value is -4.05. The minimum absolute atomic E-state index is 0.418. The SMILES string of the molecule is COc1ccccc1Nc1ncnc2c1ccn2-c1ccc(C#N)c(NC2CCCCC2)c1. The molecule has 2 aromatic carbocycles. The van der Waals surface area contributed by atoms with Gasteiger partial charge in [-0.25, -0.2) is 9.97 Å². The maximum absolute atomic E-state index is 9.62. The molecule has 0 amide bonds. The van der Waals surface area contributed by atoms with E-state index in [1.54, 1.807) is 13.4 Å². The Balaban J connectivity index is 1.50. The summed E-state index contributed by atoms with van der Waals surface area (Å²) in [5.41, 5.74) is 4.11. The van der Waals surface area contributed by atoms with Crippen molar-refractivity contribution in [2.24, 2.45) is 0 Å². The van der Waals surface area contributed by atoms with Gasteiger partial charge >= 0.3 is 0 Å². The molecule has 1 fully saturated rings. The van der Waals surface area contributed by atoms with E-state index >= 15 is 0 Å². The lowest BCUT2D eigenvalue weighted by Crippen LogP contribution is -2.22. The summed E-state index contributed by atoms with van der Waals surface area (Å²) in [6.07, 6.45) is 9.60. The van der Waals surface area contributed by atoms with Gasteiger partial charge in [-0.3, -0.25) is 0 Å². The smallest absolute Gasteiger partial charge is 0.150 e. The highest BCUT2D eigenvalue weighted by molar-refractivity contribution is 5.91. The van der Waals surface area contributed by atoms with E-state index in [0.29, 0.717) is 17.4 Å². The zero-order chi connectivity index (χ0) is 22.6. The first-order valence-electron chi connectivity index (χ1n) is 11.3. The summed E-state index contributed by atoms with van der Waals surface area (Å²) in [5.74, 6) is 1.45. The first-order chi connectivity index (χ1) is 16.3. The Morgan fingerprint density at radius 2 is 1.88 bits per heavy atom. The highest BCUT2D eigenvalue weighted by atomic mass is 16.5. The summed E-state index contributed by atoms with van der Waals surface area (Å²) in [7, 11) is 1.65. The number of hydrogen-bond acceptors (Lipinski definition) is 6. The molecule has 7 nitrogen and oxygen atoms in total.